The third-order valence-electron chi connectivity index (χ3n) is 3.72. The fourth-order valence-corrected chi connectivity index (χ4v) is 2.27. The Kier molecular flexibility index (Phi) is 14.3. The molecule has 0 aliphatic rings. The lowest BCUT2D eigenvalue weighted by Crippen LogP contribution is -2.33. The Bertz CT molecular complexity index is 296. The summed E-state index contributed by atoms with van der Waals surface area (Å²) in [4.78, 5) is 23.1. The van der Waals surface area contributed by atoms with Gasteiger partial charge in [0.05, 0.1) is 0 Å². The summed E-state index contributed by atoms with van der Waals surface area (Å²) in [6, 6.07) is -0.714. The zero-order chi connectivity index (χ0) is 16.6. The number of hydrogen-bond donors (Lipinski definition) is 2. The van der Waals surface area contributed by atoms with E-state index in [0.717, 1.165) is 32.1 Å². The quantitative estimate of drug-likeness (QED) is 0.292. The zero-order valence-electron chi connectivity index (χ0n) is 14.1. The van der Waals surface area contributed by atoms with Gasteiger partial charge in [0.1, 0.15) is 6.04 Å². The number of rotatable bonds is 14. The minimum atomic E-state index is -0.714. The zero-order valence-corrected chi connectivity index (χ0v) is 14.1. The van der Waals surface area contributed by atoms with Crippen molar-refractivity contribution in [3.63, 3.8) is 0 Å². The summed E-state index contributed by atoms with van der Waals surface area (Å²) in [7, 11) is 0. The molecule has 0 heterocycles. The highest BCUT2D eigenvalue weighted by Gasteiger charge is 2.17. The van der Waals surface area contributed by atoms with E-state index in [1.807, 2.05) is 0 Å². The minimum Gasteiger partial charge on any atom is -0.392 e. The van der Waals surface area contributed by atoms with Crippen molar-refractivity contribution in [2.75, 3.05) is 6.54 Å². The van der Waals surface area contributed by atoms with E-state index in [-0.39, 0.29) is 0 Å². The van der Waals surface area contributed by atoms with E-state index in [1.165, 1.54) is 32.1 Å². The van der Waals surface area contributed by atoms with Gasteiger partial charge in [-0.05, 0) is 25.8 Å². The Labute approximate surface area is 135 Å². The molecule has 0 bridgehead atoms. The Morgan fingerprint density at radius 2 is 1.50 bits per heavy atom. The van der Waals surface area contributed by atoms with Gasteiger partial charge in [0.2, 0.25) is 0 Å². The van der Waals surface area contributed by atoms with Crippen molar-refractivity contribution in [3.05, 3.63) is 0 Å². The summed E-state index contributed by atoms with van der Waals surface area (Å²) in [5.41, 5.74) is 11.0. The molecule has 5 nitrogen and oxygen atoms in total. The molecule has 0 radical (unpaired) electrons. The first kappa shape index (κ1) is 21.1. The largest absolute Gasteiger partial charge is 0.392 e. The van der Waals surface area contributed by atoms with Crippen LogP contribution in [0.15, 0.2) is 0 Å². The average molecular weight is 314 g/mol. The molecule has 0 unspecified atom stereocenters. The molecule has 1 atom stereocenters. The van der Waals surface area contributed by atoms with Crippen molar-refractivity contribution in [3.8, 4) is 0 Å². The Morgan fingerprint density at radius 3 is 2.09 bits per heavy atom. The molecule has 0 fully saturated rings. The molecule has 0 aromatic carbocycles. The first-order valence-electron chi connectivity index (χ1n) is 8.82. The van der Waals surface area contributed by atoms with Gasteiger partial charge in [-0.1, -0.05) is 58.3 Å². The summed E-state index contributed by atoms with van der Waals surface area (Å²) in [5, 5.41) is 0. The summed E-state index contributed by atoms with van der Waals surface area (Å²) >= 11 is 0. The second-order valence-corrected chi connectivity index (χ2v) is 5.91. The van der Waals surface area contributed by atoms with Gasteiger partial charge in [0.15, 0.2) is 0 Å². The second-order valence-electron chi connectivity index (χ2n) is 5.91. The Morgan fingerprint density at radius 1 is 0.909 bits per heavy atom. The first-order valence-corrected chi connectivity index (χ1v) is 8.82. The predicted octanol–water partition coefficient (Wildman–Crippen LogP) is 3.04. The normalized spacial score (nSPS) is 12.1. The molecule has 0 rings (SSSR count). The van der Waals surface area contributed by atoms with E-state index >= 15 is 0 Å². The van der Waals surface area contributed by atoms with Gasteiger partial charge >= 0.3 is 11.9 Å². The lowest BCUT2D eigenvalue weighted by atomic mass is 10.1. The van der Waals surface area contributed by atoms with Crippen LogP contribution in [0.5, 0.6) is 0 Å². The van der Waals surface area contributed by atoms with Crippen LogP contribution in [-0.2, 0) is 14.3 Å². The maximum absolute atomic E-state index is 11.6. The number of hydrogen-bond acceptors (Lipinski definition) is 5. The Hall–Kier alpha value is -0.940. The molecular formula is C17H34N2O3. The van der Waals surface area contributed by atoms with Crippen LogP contribution in [0.3, 0.4) is 0 Å². The number of nitrogens with two attached hydrogens (primary N) is 2. The first-order chi connectivity index (χ1) is 10.6. The SMILES string of the molecule is CCCCCCCCCCC(=O)OC(=O)[C@@H](N)CCCCN. The Balaban J connectivity index is 3.53. The summed E-state index contributed by atoms with van der Waals surface area (Å²) < 4.78 is 4.77. The van der Waals surface area contributed by atoms with Gasteiger partial charge in [-0.15, -0.1) is 0 Å². The predicted molar refractivity (Wildman–Crippen MR) is 89.2 cm³/mol. The van der Waals surface area contributed by atoms with Crippen LogP contribution in [-0.4, -0.2) is 24.5 Å². The van der Waals surface area contributed by atoms with Crippen molar-refractivity contribution in [2.45, 2.75) is 90.0 Å². The van der Waals surface area contributed by atoms with Crippen LogP contribution < -0.4 is 11.5 Å². The van der Waals surface area contributed by atoms with E-state index in [4.69, 9.17) is 16.2 Å². The molecule has 0 amide bonds. The van der Waals surface area contributed by atoms with Crippen molar-refractivity contribution in [1.29, 1.82) is 0 Å². The molecule has 0 aliphatic heterocycles. The molecule has 4 N–H and O–H groups in total. The average Bonchev–Trinajstić information content (AvgIpc) is 2.50. The lowest BCUT2D eigenvalue weighted by molar-refractivity contribution is -0.160. The van der Waals surface area contributed by atoms with Gasteiger partial charge < -0.3 is 16.2 Å². The van der Waals surface area contributed by atoms with Crippen LogP contribution in [0.2, 0.25) is 0 Å². The molecule has 0 saturated carbocycles. The molecule has 0 spiro atoms. The van der Waals surface area contributed by atoms with Crippen molar-refractivity contribution >= 4 is 11.9 Å². The van der Waals surface area contributed by atoms with E-state index in [9.17, 15) is 9.59 Å². The number of carbonyl (C=O) groups excluding carboxylic acids is 2. The molecule has 5 heteroatoms. The minimum absolute atomic E-state index is 0.302. The van der Waals surface area contributed by atoms with Crippen molar-refractivity contribution in [2.24, 2.45) is 11.5 Å². The lowest BCUT2D eigenvalue weighted by Gasteiger charge is -2.09. The topological polar surface area (TPSA) is 95.4 Å². The monoisotopic (exact) mass is 314 g/mol. The van der Waals surface area contributed by atoms with Gasteiger partial charge in [-0.2, -0.15) is 0 Å². The highest BCUT2D eigenvalue weighted by molar-refractivity contribution is 5.88. The summed E-state index contributed by atoms with van der Waals surface area (Å²) in [6.45, 7) is 2.79. The van der Waals surface area contributed by atoms with Gasteiger partial charge in [-0.3, -0.25) is 4.79 Å². The van der Waals surface area contributed by atoms with E-state index in [1.54, 1.807) is 0 Å². The fourth-order valence-electron chi connectivity index (χ4n) is 2.27. The molecule has 0 aromatic heterocycles. The molecule has 22 heavy (non-hydrogen) atoms. The third kappa shape index (κ3) is 12.8. The fraction of sp³-hybridized carbons (Fsp3) is 0.882. The van der Waals surface area contributed by atoms with E-state index in [0.29, 0.717) is 19.4 Å². The summed E-state index contributed by atoms with van der Waals surface area (Å²) in [6.07, 6.45) is 11.7. The van der Waals surface area contributed by atoms with Crippen LogP contribution in [0.25, 0.3) is 0 Å². The number of unbranched alkanes of at least 4 members (excludes halogenated alkanes) is 8. The molecule has 0 aromatic rings. The second kappa shape index (κ2) is 15.0. The molecule has 0 aliphatic carbocycles. The maximum atomic E-state index is 11.6. The number of ether oxygens (including phenoxy) is 1. The molecule has 130 valence electrons. The molecule has 0 saturated heterocycles. The van der Waals surface area contributed by atoms with Crippen LogP contribution in [0.1, 0.15) is 84.0 Å². The van der Waals surface area contributed by atoms with Crippen molar-refractivity contribution in [1.82, 2.24) is 0 Å². The van der Waals surface area contributed by atoms with Crippen LogP contribution in [0, 0.1) is 0 Å². The highest BCUT2D eigenvalue weighted by Crippen LogP contribution is 2.10. The van der Waals surface area contributed by atoms with Gasteiger partial charge in [0, 0.05) is 6.42 Å². The van der Waals surface area contributed by atoms with Crippen LogP contribution in [0.4, 0.5) is 0 Å². The van der Waals surface area contributed by atoms with E-state index < -0.39 is 18.0 Å². The van der Waals surface area contributed by atoms with Gasteiger partial charge in [0.25, 0.3) is 0 Å². The van der Waals surface area contributed by atoms with Crippen molar-refractivity contribution < 1.29 is 14.3 Å². The summed E-state index contributed by atoms with van der Waals surface area (Å²) in [5.74, 6) is -1.06. The van der Waals surface area contributed by atoms with Crippen LogP contribution >= 0.6 is 0 Å². The highest BCUT2D eigenvalue weighted by atomic mass is 16.6. The smallest absolute Gasteiger partial charge is 0.330 e. The maximum Gasteiger partial charge on any atom is 0.330 e. The number of esters is 2. The standard InChI is InChI=1S/C17H34N2O3/c1-2-3-4-5-6-7-8-9-13-16(20)22-17(21)15(19)12-10-11-14-18/h15H,2-14,18-19H2,1H3/t15-/m0/s1. The third-order valence-corrected chi connectivity index (χ3v) is 3.72. The van der Waals surface area contributed by atoms with E-state index in [2.05, 4.69) is 6.92 Å². The number of carbonyl (C=O) groups is 2. The molecular weight excluding hydrogens is 280 g/mol. The van der Waals surface area contributed by atoms with Gasteiger partial charge in [-0.25, -0.2) is 4.79 Å².